The van der Waals surface area contributed by atoms with E-state index in [-0.39, 0.29) is 0 Å². The molecule has 0 aliphatic carbocycles. The molecule has 0 fully saturated rings. The zero-order valence-corrected chi connectivity index (χ0v) is 15.3. The van der Waals surface area contributed by atoms with E-state index in [0.717, 1.165) is 10.2 Å². The van der Waals surface area contributed by atoms with Crippen LogP contribution in [-0.4, -0.2) is 23.0 Å². The van der Waals surface area contributed by atoms with Gasteiger partial charge in [0, 0.05) is 6.08 Å². The number of fused-ring (bicyclic) bond motifs is 1. The monoisotopic (exact) mass is 383 g/mol. The number of amides is 1. The minimum Gasteiger partial charge on any atom is -0.449 e. The molecule has 1 N–H and O–H groups in total. The number of nitrogens with zero attached hydrogens (tertiary/aromatic N) is 2. The molecule has 8 heteroatoms. The Labute approximate surface area is 157 Å². The van der Waals surface area contributed by atoms with Crippen LogP contribution in [0.1, 0.15) is 17.5 Å². The van der Waals surface area contributed by atoms with Crippen molar-refractivity contribution < 1.29 is 14.3 Å². The van der Waals surface area contributed by atoms with E-state index in [9.17, 15) is 9.59 Å². The average Bonchev–Trinajstić information content (AvgIpc) is 3.25. The van der Waals surface area contributed by atoms with Gasteiger partial charge < -0.3 is 10.1 Å². The van der Waals surface area contributed by atoms with Crippen molar-refractivity contribution in [1.29, 1.82) is 5.26 Å². The molecule has 0 radical (unpaired) electrons. The SMILES string of the molecule is C[C@H](OC(=O)/C=C/c1nc2ccccc2s1)C(=O)Nc1sccc1C#N. The second-order valence-electron chi connectivity index (χ2n) is 5.20. The summed E-state index contributed by atoms with van der Waals surface area (Å²) in [6.45, 7) is 1.47. The van der Waals surface area contributed by atoms with Crippen molar-refractivity contribution in [3.05, 3.63) is 52.4 Å². The molecule has 0 aliphatic rings. The Balaban J connectivity index is 1.58. The Hall–Kier alpha value is -3.02. The van der Waals surface area contributed by atoms with Crippen LogP contribution in [0.5, 0.6) is 0 Å². The summed E-state index contributed by atoms with van der Waals surface area (Å²) in [7, 11) is 0. The lowest BCUT2D eigenvalue weighted by molar-refractivity contribution is -0.148. The number of esters is 1. The highest BCUT2D eigenvalue weighted by Crippen LogP contribution is 2.23. The number of thiophene rings is 1. The standard InChI is InChI=1S/C18H13N3O3S2/c1-11(17(23)21-18-12(10-19)8-9-25-18)24-16(22)7-6-15-20-13-4-2-3-5-14(13)26-15/h2-9,11H,1H3,(H,21,23)/b7-6+/t11-/m0/s1. The van der Waals surface area contributed by atoms with Crippen molar-refractivity contribution in [2.24, 2.45) is 0 Å². The predicted molar refractivity (Wildman–Crippen MR) is 102 cm³/mol. The molecule has 0 saturated heterocycles. The second kappa shape index (κ2) is 7.91. The topological polar surface area (TPSA) is 92.1 Å². The molecule has 0 unspecified atom stereocenters. The van der Waals surface area contributed by atoms with Gasteiger partial charge in [0.15, 0.2) is 6.10 Å². The number of rotatable bonds is 5. The molecule has 26 heavy (non-hydrogen) atoms. The predicted octanol–water partition coefficient (Wildman–Crippen LogP) is 3.81. The van der Waals surface area contributed by atoms with Gasteiger partial charge in [-0.2, -0.15) is 5.26 Å². The lowest BCUT2D eigenvalue weighted by atomic mass is 10.3. The molecule has 1 aromatic carbocycles. The van der Waals surface area contributed by atoms with Crippen LogP contribution >= 0.6 is 22.7 Å². The van der Waals surface area contributed by atoms with Gasteiger partial charge in [-0.3, -0.25) is 4.79 Å². The number of hydrogen-bond donors (Lipinski definition) is 1. The van der Waals surface area contributed by atoms with Gasteiger partial charge in [-0.25, -0.2) is 9.78 Å². The van der Waals surface area contributed by atoms with Crippen molar-refractivity contribution in [2.75, 3.05) is 5.32 Å². The first-order valence-corrected chi connectivity index (χ1v) is 9.29. The van der Waals surface area contributed by atoms with Crippen LogP contribution in [-0.2, 0) is 14.3 Å². The number of para-hydroxylation sites is 1. The summed E-state index contributed by atoms with van der Waals surface area (Å²) in [6.07, 6.45) is 1.81. The normalized spacial score (nSPS) is 12.0. The van der Waals surface area contributed by atoms with Gasteiger partial charge >= 0.3 is 5.97 Å². The Morgan fingerprint density at radius 1 is 1.35 bits per heavy atom. The first-order chi connectivity index (χ1) is 12.6. The molecule has 3 rings (SSSR count). The van der Waals surface area contributed by atoms with Crippen molar-refractivity contribution in [1.82, 2.24) is 4.98 Å². The van der Waals surface area contributed by atoms with E-state index in [1.165, 1.54) is 35.7 Å². The van der Waals surface area contributed by atoms with E-state index in [0.29, 0.717) is 15.6 Å². The highest BCUT2D eigenvalue weighted by Gasteiger charge is 2.18. The molecule has 0 saturated carbocycles. The number of carbonyl (C=O) groups excluding carboxylic acids is 2. The number of anilines is 1. The maximum Gasteiger partial charge on any atom is 0.331 e. The molecule has 6 nitrogen and oxygen atoms in total. The van der Waals surface area contributed by atoms with Gasteiger partial charge in [-0.1, -0.05) is 12.1 Å². The van der Waals surface area contributed by atoms with Crippen LogP contribution in [0.2, 0.25) is 0 Å². The largest absolute Gasteiger partial charge is 0.449 e. The van der Waals surface area contributed by atoms with Crippen molar-refractivity contribution in [3.63, 3.8) is 0 Å². The van der Waals surface area contributed by atoms with Crippen LogP contribution in [0.4, 0.5) is 5.00 Å². The lowest BCUT2D eigenvalue weighted by Crippen LogP contribution is -2.29. The van der Waals surface area contributed by atoms with Crippen LogP contribution in [0.25, 0.3) is 16.3 Å². The van der Waals surface area contributed by atoms with Gasteiger partial charge in [0.25, 0.3) is 5.91 Å². The Bertz CT molecular complexity index is 997. The number of hydrogen-bond acceptors (Lipinski definition) is 7. The number of nitrogens with one attached hydrogen (secondary N) is 1. The first-order valence-electron chi connectivity index (χ1n) is 7.59. The molecule has 0 aliphatic heterocycles. The van der Waals surface area contributed by atoms with E-state index < -0.39 is 18.0 Å². The molecule has 0 spiro atoms. The van der Waals surface area contributed by atoms with Gasteiger partial charge in [-0.05, 0) is 36.6 Å². The van der Waals surface area contributed by atoms with Crippen molar-refractivity contribution in [2.45, 2.75) is 13.0 Å². The fraction of sp³-hybridized carbons (Fsp3) is 0.111. The third-order valence-electron chi connectivity index (χ3n) is 3.36. The zero-order valence-electron chi connectivity index (χ0n) is 13.6. The van der Waals surface area contributed by atoms with E-state index in [1.54, 1.807) is 17.5 Å². The maximum absolute atomic E-state index is 12.1. The highest BCUT2D eigenvalue weighted by atomic mass is 32.1. The fourth-order valence-electron chi connectivity index (χ4n) is 2.08. The second-order valence-corrected chi connectivity index (χ2v) is 7.18. The summed E-state index contributed by atoms with van der Waals surface area (Å²) < 4.78 is 6.12. The maximum atomic E-state index is 12.1. The summed E-state index contributed by atoms with van der Waals surface area (Å²) in [5.74, 6) is -1.13. The minimum absolute atomic E-state index is 0.373. The molecule has 3 aromatic rings. The Kier molecular flexibility index (Phi) is 5.41. The van der Waals surface area contributed by atoms with E-state index in [2.05, 4.69) is 10.3 Å². The van der Waals surface area contributed by atoms with E-state index in [1.807, 2.05) is 30.3 Å². The van der Waals surface area contributed by atoms with E-state index >= 15 is 0 Å². The lowest BCUT2D eigenvalue weighted by Gasteiger charge is -2.11. The van der Waals surface area contributed by atoms with Gasteiger partial charge in [0.2, 0.25) is 0 Å². The number of thiazole rings is 1. The zero-order chi connectivity index (χ0) is 18.5. The number of benzene rings is 1. The third-order valence-corrected chi connectivity index (χ3v) is 5.19. The smallest absolute Gasteiger partial charge is 0.331 e. The molecule has 130 valence electrons. The van der Waals surface area contributed by atoms with Crippen molar-refractivity contribution in [3.8, 4) is 6.07 Å². The van der Waals surface area contributed by atoms with E-state index in [4.69, 9.17) is 10.00 Å². The van der Waals surface area contributed by atoms with Gasteiger partial charge in [-0.15, -0.1) is 22.7 Å². The molecular formula is C18H13N3O3S2. The number of carbonyl (C=O) groups is 2. The molecule has 0 bridgehead atoms. The quantitative estimate of drug-likeness (QED) is 0.534. The molecule has 1 amide bonds. The Morgan fingerprint density at radius 3 is 2.92 bits per heavy atom. The van der Waals surface area contributed by atoms with Gasteiger partial charge in [0.05, 0.1) is 15.8 Å². The summed E-state index contributed by atoms with van der Waals surface area (Å²) >= 11 is 2.69. The molecule has 2 heterocycles. The van der Waals surface area contributed by atoms with Crippen LogP contribution in [0, 0.1) is 11.3 Å². The third kappa shape index (κ3) is 4.14. The van der Waals surface area contributed by atoms with Gasteiger partial charge in [0.1, 0.15) is 16.1 Å². The fourth-order valence-corrected chi connectivity index (χ4v) is 3.69. The van der Waals surface area contributed by atoms with Crippen LogP contribution < -0.4 is 5.32 Å². The Morgan fingerprint density at radius 2 is 2.15 bits per heavy atom. The minimum atomic E-state index is -0.990. The van der Waals surface area contributed by atoms with Crippen molar-refractivity contribution >= 4 is 55.8 Å². The number of nitriles is 1. The highest BCUT2D eigenvalue weighted by molar-refractivity contribution is 7.19. The average molecular weight is 383 g/mol. The summed E-state index contributed by atoms with van der Waals surface area (Å²) in [6, 6.07) is 11.3. The first kappa shape index (κ1) is 17.8. The number of ether oxygens (including phenoxy) is 1. The summed E-state index contributed by atoms with van der Waals surface area (Å²) in [5, 5.41) is 14.3. The molecule has 1 atom stereocenters. The van der Waals surface area contributed by atoms with Crippen LogP contribution in [0.15, 0.2) is 41.8 Å². The summed E-state index contributed by atoms with van der Waals surface area (Å²) in [5.41, 5.74) is 1.24. The molecular weight excluding hydrogens is 370 g/mol. The number of aromatic nitrogens is 1. The molecule has 2 aromatic heterocycles. The summed E-state index contributed by atoms with van der Waals surface area (Å²) in [4.78, 5) is 28.4. The van der Waals surface area contributed by atoms with Crippen LogP contribution in [0.3, 0.4) is 0 Å².